The summed E-state index contributed by atoms with van der Waals surface area (Å²) in [7, 11) is 0. The molecule has 10 heteroatoms. The van der Waals surface area contributed by atoms with Crippen LogP contribution in [0.2, 0.25) is 5.02 Å². The lowest BCUT2D eigenvalue weighted by Gasteiger charge is -2.17. The molecule has 1 saturated carbocycles. The van der Waals surface area contributed by atoms with Crippen molar-refractivity contribution in [2.24, 2.45) is 5.92 Å². The molecule has 1 unspecified atom stereocenters. The fraction of sp³-hybridized carbons (Fsp3) is 0.192. The van der Waals surface area contributed by atoms with Gasteiger partial charge in [0.2, 0.25) is 11.6 Å². The highest BCUT2D eigenvalue weighted by atomic mass is 35.5. The molecular formula is C26H22ClN5O4. The van der Waals surface area contributed by atoms with Crippen molar-refractivity contribution in [2.45, 2.75) is 25.2 Å². The Morgan fingerprint density at radius 3 is 2.58 bits per heavy atom. The standard InChI is InChI=1S/C26H22ClN5O4/c27-19-6-10-23(31-12-11-28-30-31)21(14-19)18-5-9-24(32(36)15-18)22(13-16-1-2-16)25(33)29-20-7-3-17(4-8-20)26(34)35/h3-12,14-16,22H,1-2,13H2,(H,29,33)(H,34,35). The molecular weight excluding hydrogens is 482 g/mol. The van der Waals surface area contributed by atoms with Gasteiger partial charge in [0, 0.05) is 27.9 Å². The third-order valence-corrected chi connectivity index (χ3v) is 6.46. The molecule has 0 radical (unpaired) electrons. The molecule has 0 spiro atoms. The molecule has 9 nitrogen and oxygen atoms in total. The van der Waals surface area contributed by atoms with Crippen molar-refractivity contribution in [1.82, 2.24) is 15.0 Å². The van der Waals surface area contributed by atoms with Gasteiger partial charge in [-0.15, -0.1) is 5.10 Å². The second kappa shape index (κ2) is 9.79. The Bertz CT molecular complexity index is 1420. The third-order valence-electron chi connectivity index (χ3n) is 6.22. The highest BCUT2D eigenvalue weighted by Gasteiger charge is 2.35. The van der Waals surface area contributed by atoms with E-state index in [1.165, 1.54) is 30.5 Å². The number of anilines is 1. The van der Waals surface area contributed by atoms with Crippen LogP contribution in [0.4, 0.5) is 5.69 Å². The van der Waals surface area contributed by atoms with Crippen LogP contribution in [0, 0.1) is 11.1 Å². The number of carboxylic acid groups (broad SMARTS) is 1. The van der Waals surface area contributed by atoms with Gasteiger partial charge in [0.1, 0.15) is 5.92 Å². The summed E-state index contributed by atoms with van der Waals surface area (Å²) in [6.07, 6.45) is 7.31. The second-order valence-electron chi connectivity index (χ2n) is 8.78. The quantitative estimate of drug-likeness (QED) is 0.270. The number of rotatable bonds is 8. The number of carboxylic acids is 1. The van der Waals surface area contributed by atoms with Crippen LogP contribution in [-0.2, 0) is 4.79 Å². The molecule has 2 N–H and O–H groups in total. The van der Waals surface area contributed by atoms with Crippen molar-refractivity contribution >= 4 is 29.2 Å². The zero-order chi connectivity index (χ0) is 25.2. The summed E-state index contributed by atoms with van der Waals surface area (Å²) >= 11 is 6.24. The Balaban J connectivity index is 1.45. The summed E-state index contributed by atoms with van der Waals surface area (Å²) in [5.41, 5.74) is 2.97. The van der Waals surface area contributed by atoms with E-state index in [1.54, 1.807) is 47.4 Å². The van der Waals surface area contributed by atoms with Gasteiger partial charge in [-0.2, -0.15) is 4.73 Å². The van der Waals surface area contributed by atoms with Gasteiger partial charge >= 0.3 is 5.97 Å². The van der Waals surface area contributed by atoms with Gasteiger partial charge in [-0.25, -0.2) is 9.48 Å². The molecule has 0 saturated heterocycles. The van der Waals surface area contributed by atoms with E-state index in [1.807, 2.05) is 0 Å². The Hall–Kier alpha value is -4.24. The number of benzene rings is 2. The summed E-state index contributed by atoms with van der Waals surface area (Å²) in [6.45, 7) is 0. The van der Waals surface area contributed by atoms with Crippen LogP contribution in [0.1, 0.15) is 41.2 Å². The predicted molar refractivity (Wildman–Crippen MR) is 133 cm³/mol. The molecule has 2 aromatic heterocycles. The van der Waals surface area contributed by atoms with Crippen LogP contribution in [0.3, 0.4) is 0 Å². The maximum atomic E-state index is 13.2. The number of halogens is 1. The number of nitrogens with one attached hydrogen (secondary N) is 1. The van der Waals surface area contributed by atoms with Crippen molar-refractivity contribution in [3.8, 4) is 16.8 Å². The van der Waals surface area contributed by atoms with E-state index in [2.05, 4.69) is 15.6 Å². The first-order valence-corrected chi connectivity index (χ1v) is 11.8. The molecule has 1 aliphatic carbocycles. The SMILES string of the molecule is O=C(O)c1ccc(NC(=O)C(CC2CC2)c2ccc(-c3cc(Cl)ccc3-n3ccnn3)c[n+]2[O-])cc1. The molecule has 1 aliphatic rings. The lowest BCUT2D eigenvalue weighted by atomic mass is 9.95. The van der Waals surface area contributed by atoms with E-state index in [4.69, 9.17) is 16.7 Å². The number of hydrogen-bond acceptors (Lipinski definition) is 5. The van der Waals surface area contributed by atoms with Crippen molar-refractivity contribution in [1.29, 1.82) is 0 Å². The van der Waals surface area contributed by atoms with Crippen LogP contribution in [0.15, 0.2) is 73.2 Å². The fourth-order valence-corrected chi connectivity index (χ4v) is 4.34. The molecule has 1 atom stereocenters. The summed E-state index contributed by atoms with van der Waals surface area (Å²) in [5, 5.41) is 33.5. The average Bonchev–Trinajstić information content (AvgIpc) is 3.52. The highest BCUT2D eigenvalue weighted by molar-refractivity contribution is 6.31. The smallest absolute Gasteiger partial charge is 0.335 e. The predicted octanol–water partition coefficient (Wildman–Crippen LogP) is 4.44. The molecule has 0 bridgehead atoms. The fourth-order valence-electron chi connectivity index (χ4n) is 4.17. The highest BCUT2D eigenvalue weighted by Crippen LogP contribution is 2.39. The Morgan fingerprint density at radius 2 is 1.94 bits per heavy atom. The Labute approximate surface area is 211 Å². The van der Waals surface area contributed by atoms with Gasteiger partial charge in [0.15, 0.2) is 6.20 Å². The second-order valence-corrected chi connectivity index (χ2v) is 9.22. The summed E-state index contributed by atoms with van der Waals surface area (Å²) in [5.74, 6) is -1.62. The molecule has 1 amide bonds. The van der Waals surface area contributed by atoms with Crippen LogP contribution < -0.4 is 10.0 Å². The number of aromatic carboxylic acids is 1. The van der Waals surface area contributed by atoms with Gasteiger partial charge in [-0.1, -0.05) is 29.7 Å². The number of nitrogens with zero attached hydrogens (tertiary/aromatic N) is 4. The van der Waals surface area contributed by atoms with Gasteiger partial charge in [0.05, 0.1) is 23.6 Å². The zero-order valence-electron chi connectivity index (χ0n) is 19.0. The van der Waals surface area contributed by atoms with E-state index < -0.39 is 11.9 Å². The van der Waals surface area contributed by atoms with E-state index in [9.17, 15) is 14.8 Å². The van der Waals surface area contributed by atoms with Gasteiger partial charge < -0.3 is 15.6 Å². The maximum absolute atomic E-state index is 13.2. The molecule has 5 rings (SSSR count). The minimum Gasteiger partial charge on any atom is -0.618 e. The maximum Gasteiger partial charge on any atom is 0.335 e. The summed E-state index contributed by atoms with van der Waals surface area (Å²) in [6, 6.07) is 14.7. The van der Waals surface area contributed by atoms with E-state index in [-0.39, 0.29) is 11.5 Å². The Kier molecular flexibility index (Phi) is 6.39. The molecule has 1 fully saturated rings. The normalized spacial score (nSPS) is 13.8. The zero-order valence-corrected chi connectivity index (χ0v) is 19.8. The minimum absolute atomic E-state index is 0.127. The van der Waals surface area contributed by atoms with E-state index >= 15 is 0 Å². The Morgan fingerprint density at radius 1 is 1.17 bits per heavy atom. The number of carbonyl (C=O) groups excluding carboxylic acids is 1. The number of aromatic nitrogens is 4. The van der Waals surface area contributed by atoms with Gasteiger partial charge in [-0.3, -0.25) is 4.79 Å². The summed E-state index contributed by atoms with van der Waals surface area (Å²) in [4.78, 5) is 24.3. The minimum atomic E-state index is -1.04. The molecule has 182 valence electrons. The molecule has 2 aromatic carbocycles. The number of amides is 1. The van der Waals surface area contributed by atoms with Crippen molar-refractivity contribution in [3.63, 3.8) is 0 Å². The van der Waals surface area contributed by atoms with Crippen molar-refractivity contribution in [2.75, 3.05) is 5.32 Å². The van der Waals surface area contributed by atoms with E-state index in [0.29, 0.717) is 45.6 Å². The molecule has 36 heavy (non-hydrogen) atoms. The number of hydrogen-bond donors (Lipinski definition) is 2. The van der Waals surface area contributed by atoms with Crippen molar-refractivity contribution in [3.05, 3.63) is 94.7 Å². The van der Waals surface area contributed by atoms with Crippen molar-refractivity contribution < 1.29 is 19.4 Å². The van der Waals surface area contributed by atoms with Crippen LogP contribution in [0.5, 0.6) is 0 Å². The average molecular weight is 504 g/mol. The monoisotopic (exact) mass is 503 g/mol. The first-order chi connectivity index (χ1) is 17.4. The van der Waals surface area contributed by atoms with Crippen LogP contribution in [0.25, 0.3) is 16.8 Å². The molecule has 0 aliphatic heterocycles. The van der Waals surface area contributed by atoms with E-state index in [0.717, 1.165) is 17.6 Å². The first-order valence-electron chi connectivity index (χ1n) is 11.4. The van der Waals surface area contributed by atoms with Crippen LogP contribution >= 0.6 is 11.6 Å². The number of carbonyl (C=O) groups is 2. The van der Waals surface area contributed by atoms with Crippen LogP contribution in [-0.4, -0.2) is 32.0 Å². The molecule has 4 aromatic rings. The first kappa shape index (κ1) is 23.5. The third kappa shape index (κ3) is 5.06. The van der Waals surface area contributed by atoms with Gasteiger partial charge in [-0.05, 0) is 60.9 Å². The lowest BCUT2D eigenvalue weighted by Crippen LogP contribution is -2.37. The summed E-state index contributed by atoms with van der Waals surface area (Å²) < 4.78 is 2.33. The lowest BCUT2D eigenvalue weighted by molar-refractivity contribution is -0.614. The van der Waals surface area contributed by atoms with Gasteiger partial charge in [0.25, 0.3) is 0 Å². The topological polar surface area (TPSA) is 124 Å². The largest absolute Gasteiger partial charge is 0.618 e. The number of pyridine rings is 1. The molecule has 2 heterocycles.